The first-order chi connectivity index (χ1) is 7.63. The lowest BCUT2D eigenvalue weighted by Gasteiger charge is -2.14. The summed E-state index contributed by atoms with van der Waals surface area (Å²) >= 11 is 1.90. The molecule has 0 spiro atoms. The fraction of sp³-hybridized carbons (Fsp3) is 0.462. The molecule has 1 aromatic rings. The number of thioether (sulfide) groups is 1. The Morgan fingerprint density at radius 1 is 1.44 bits per heavy atom. The van der Waals surface area contributed by atoms with Crippen LogP contribution < -0.4 is 5.73 Å². The van der Waals surface area contributed by atoms with E-state index in [-0.39, 0.29) is 0 Å². The van der Waals surface area contributed by atoms with Gasteiger partial charge in [0.25, 0.3) is 0 Å². The predicted octanol–water partition coefficient (Wildman–Crippen LogP) is 3.33. The van der Waals surface area contributed by atoms with Crippen LogP contribution in [0.5, 0.6) is 0 Å². The van der Waals surface area contributed by atoms with Gasteiger partial charge in [-0.15, -0.1) is 0 Å². The van der Waals surface area contributed by atoms with Crippen molar-refractivity contribution in [2.75, 3.05) is 0 Å². The zero-order valence-corrected chi connectivity index (χ0v) is 10.8. The minimum atomic E-state index is 0.295. The van der Waals surface area contributed by atoms with Crippen molar-refractivity contribution in [3.05, 3.63) is 35.4 Å². The maximum absolute atomic E-state index is 7.32. The smallest absolute Gasteiger partial charge is 0.0916 e. The topological polar surface area (TPSA) is 49.9 Å². The minimum Gasteiger partial charge on any atom is -0.388 e. The molecule has 0 aliphatic rings. The highest BCUT2D eigenvalue weighted by molar-refractivity contribution is 7.99. The number of hydrogen-bond acceptors (Lipinski definition) is 2. The van der Waals surface area contributed by atoms with Gasteiger partial charge in [-0.1, -0.05) is 31.2 Å². The normalized spacial score (nSPS) is 12.4. The van der Waals surface area contributed by atoms with E-state index in [4.69, 9.17) is 11.1 Å². The number of benzene rings is 1. The van der Waals surface area contributed by atoms with Gasteiger partial charge in [0.05, 0.1) is 5.84 Å². The summed E-state index contributed by atoms with van der Waals surface area (Å²) in [7, 11) is 0. The van der Waals surface area contributed by atoms with Crippen molar-refractivity contribution >= 4 is 17.6 Å². The molecule has 1 rings (SSSR count). The molecule has 0 aliphatic carbocycles. The van der Waals surface area contributed by atoms with Gasteiger partial charge in [0, 0.05) is 17.4 Å². The van der Waals surface area contributed by atoms with Gasteiger partial charge >= 0.3 is 0 Å². The van der Waals surface area contributed by atoms with Crippen molar-refractivity contribution in [1.29, 1.82) is 5.41 Å². The molecule has 0 radical (unpaired) electrons. The van der Waals surface area contributed by atoms with E-state index in [9.17, 15) is 0 Å². The van der Waals surface area contributed by atoms with Gasteiger partial charge < -0.3 is 5.73 Å². The largest absolute Gasteiger partial charge is 0.388 e. The quantitative estimate of drug-likeness (QED) is 0.588. The number of nitrogens with one attached hydrogen (secondary N) is 1. The molecule has 1 aromatic carbocycles. The van der Waals surface area contributed by atoms with Gasteiger partial charge in [-0.25, -0.2) is 0 Å². The molecule has 0 bridgehead atoms. The predicted molar refractivity (Wildman–Crippen MR) is 73.1 cm³/mol. The zero-order chi connectivity index (χ0) is 12.0. The summed E-state index contributed by atoms with van der Waals surface area (Å²) in [5.74, 6) is 1.31. The van der Waals surface area contributed by atoms with Gasteiger partial charge in [-0.2, -0.15) is 11.8 Å². The lowest BCUT2D eigenvalue weighted by Crippen LogP contribution is -2.16. The van der Waals surface area contributed by atoms with E-state index >= 15 is 0 Å². The van der Waals surface area contributed by atoms with E-state index in [0.29, 0.717) is 17.5 Å². The monoisotopic (exact) mass is 236 g/mol. The van der Waals surface area contributed by atoms with E-state index in [0.717, 1.165) is 12.2 Å². The number of hydrogen-bond donors (Lipinski definition) is 2. The Bertz CT molecular complexity index is 350. The van der Waals surface area contributed by atoms with Crippen LogP contribution in [0.3, 0.4) is 0 Å². The summed E-state index contributed by atoms with van der Waals surface area (Å²) in [6.07, 6.45) is 1.77. The minimum absolute atomic E-state index is 0.295. The van der Waals surface area contributed by atoms with Crippen molar-refractivity contribution in [2.24, 2.45) is 5.73 Å². The molecule has 1 unspecified atom stereocenters. The van der Waals surface area contributed by atoms with Crippen LogP contribution in [0.2, 0.25) is 0 Å². The number of rotatable bonds is 6. The maximum atomic E-state index is 7.32. The highest BCUT2D eigenvalue weighted by atomic mass is 32.2. The Balaban J connectivity index is 2.49. The zero-order valence-electron chi connectivity index (χ0n) is 9.99. The van der Waals surface area contributed by atoms with E-state index in [1.807, 2.05) is 11.8 Å². The van der Waals surface area contributed by atoms with Gasteiger partial charge in [0.15, 0.2) is 0 Å². The summed E-state index contributed by atoms with van der Waals surface area (Å²) in [4.78, 5) is 0. The van der Waals surface area contributed by atoms with E-state index < -0.39 is 0 Å². The van der Waals surface area contributed by atoms with Crippen LogP contribution in [0.25, 0.3) is 0 Å². The summed E-state index contributed by atoms with van der Waals surface area (Å²) in [6, 6.07) is 8.45. The molecule has 0 heterocycles. The number of nitrogens with two attached hydrogens (primary N) is 1. The van der Waals surface area contributed by atoms with Gasteiger partial charge in [0.2, 0.25) is 0 Å². The van der Waals surface area contributed by atoms with E-state index in [1.165, 1.54) is 11.1 Å². The molecule has 1 atom stereocenters. The molecule has 0 aliphatic heterocycles. The van der Waals surface area contributed by atoms with Crippen molar-refractivity contribution in [1.82, 2.24) is 0 Å². The molecule has 0 amide bonds. The standard InChI is InChI=1S/C13H20N2S/c1-3-12(8-13(14)15)16-9-11-7-5-4-6-10(11)2/h4-7,12H,3,8-9H2,1-2H3,(H3,14,15). The third-order valence-corrected chi connectivity index (χ3v) is 4.09. The molecule has 2 nitrogen and oxygen atoms in total. The first-order valence-electron chi connectivity index (χ1n) is 5.62. The molecule has 3 heteroatoms. The average Bonchev–Trinajstić information content (AvgIpc) is 2.25. The number of aryl methyl sites for hydroxylation is 1. The van der Waals surface area contributed by atoms with Crippen LogP contribution in [0, 0.1) is 12.3 Å². The van der Waals surface area contributed by atoms with Crippen LogP contribution in [-0.2, 0) is 5.75 Å². The second kappa shape index (κ2) is 6.59. The third-order valence-electron chi connectivity index (χ3n) is 2.64. The first kappa shape index (κ1) is 13.1. The summed E-state index contributed by atoms with van der Waals surface area (Å²) in [5.41, 5.74) is 8.16. The Morgan fingerprint density at radius 3 is 2.69 bits per heavy atom. The molecular formula is C13H20N2S. The van der Waals surface area contributed by atoms with Crippen molar-refractivity contribution in [3.8, 4) is 0 Å². The van der Waals surface area contributed by atoms with Gasteiger partial charge in [-0.05, 0) is 24.5 Å². The summed E-state index contributed by atoms with van der Waals surface area (Å²) < 4.78 is 0. The SMILES string of the molecule is CCC(CC(=N)N)SCc1ccccc1C. The highest BCUT2D eigenvalue weighted by Gasteiger charge is 2.09. The molecule has 16 heavy (non-hydrogen) atoms. The van der Waals surface area contributed by atoms with Gasteiger partial charge in [0.1, 0.15) is 0 Å². The summed E-state index contributed by atoms with van der Waals surface area (Å²) in [5, 5.41) is 7.79. The lowest BCUT2D eigenvalue weighted by molar-refractivity contribution is 0.848. The second-order valence-electron chi connectivity index (χ2n) is 4.00. The third kappa shape index (κ3) is 4.27. The fourth-order valence-corrected chi connectivity index (χ4v) is 2.82. The molecule has 0 aromatic heterocycles. The van der Waals surface area contributed by atoms with Crippen molar-refractivity contribution in [3.63, 3.8) is 0 Å². The highest BCUT2D eigenvalue weighted by Crippen LogP contribution is 2.24. The number of amidine groups is 1. The first-order valence-corrected chi connectivity index (χ1v) is 6.67. The van der Waals surface area contributed by atoms with E-state index in [2.05, 4.69) is 38.1 Å². The van der Waals surface area contributed by atoms with Crippen LogP contribution in [0.1, 0.15) is 30.9 Å². The van der Waals surface area contributed by atoms with Crippen molar-refractivity contribution < 1.29 is 0 Å². The maximum Gasteiger partial charge on any atom is 0.0916 e. The molecule has 0 fully saturated rings. The Hall–Kier alpha value is -0.960. The Labute approximate surface area is 102 Å². The van der Waals surface area contributed by atoms with Gasteiger partial charge in [-0.3, -0.25) is 5.41 Å². The van der Waals surface area contributed by atoms with Crippen LogP contribution in [0.15, 0.2) is 24.3 Å². The van der Waals surface area contributed by atoms with Crippen LogP contribution in [-0.4, -0.2) is 11.1 Å². The molecule has 0 saturated heterocycles. The molecule has 0 saturated carbocycles. The lowest BCUT2D eigenvalue weighted by atomic mass is 10.1. The Kier molecular flexibility index (Phi) is 5.39. The molecular weight excluding hydrogens is 216 g/mol. The summed E-state index contributed by atoms with van der Waals surface area (Å²) in [6.45, 7) is 4.29. The van der Waals surface area contributed by atoms with Crippen LogP contribution >= 0.6 is 11.8 Å². The fourth-order valence-electron chi connectivity index (χ4n) is 1.55. The molecule has 3 N–H and O–H groups in total. The van der Waals surface area contributed by atoms with Crippen molar-refractivity contribution in [2.45, 2.75) is 37.7 Å². The Morgan fingerprint density at radius 2 is 2.12 bits per heavy atom. The molecule has 88 valence electrons. The van der Waals surface area contributed by atoms with E-state index in [1.54, 1.807) is 0 Å². The van der Waals surface area contributed by atoms with Crippen LogP contribution in [0.4, 0.5) is 0 Å². The average molecular weight is 236 g/mol. The second-order valence-corrected chi connectivity index (χ2v) is 5.29.